The quantitative estimate of drug-likeness (QED) is 0.787. The number of hydrogen-bond donors (Lipinski definition) is 1. The molecule has 3 rings (SSSR count). The minimum absolute atomic E-state index is 0.0592. The maximum absolute atomic E-state index is 13.1. The van der Waals surface area contributed by atoms with E-state index in [1.54, 1.807) is 24.0 Å². The lowest BCUT2D eigenvalue weighted by atomic mass is 10.0. The zero-order chi connectivity index (χ0) is 22.2. The predicted octanol–water partition coefficient (Wildman–Crippen LogP) is 3.71. The molecule has 0 saturated heterocycles. The molecule has 0 bridgehead atoms. The Morgan fingerprint density at radius 1 is 1.10 bits per heavy atom. The van der Waals surface area contributed by atoms with Crippen molar-refractivity contribution in [2.75, 3.05) is 16.8 Å². The summed E-state index contributed by atoms with van der Waals surface area (Å²) in [4.78, 5) is 26.1. The average Bonchev–Trinajstić information content (AvgIpc) is 3.08. The Bertz CT molecular complexity index is 1100. The molecule has 1 aliphatic rings. The monoisotopic (exact) mass is 428 g/mol. The molecule has 6 nitrogen and oxygen atoms in total. The van der Waals surface area contributed by atoms with Gasteiger partial charge in [0.1, 0.15) is 0 Å². The minimum Gasteiger partial charge on any atom is -0.326 e. The fourth-order valence-electron chi connectivity index (χ4n) is 4.05. The molecule has 0 radical (unpaired) electrons. The van der Waals surface area contributed by atoms with Crippen molar-refractivity contribution in [3.8, 4) is 0 Å². The van der Waals surface area contributed by atoms with Crippen molar-refractivity contribution in [2.45, 2.75) is 57.6 Å². The van der Waals surface area contributed by atoms with Crippen LogP contribution in [-0.2, 0) is 25.8 Å². The highest BCUT2D eigenvalue weighted by molar-refractivity contribution is 7.92. The fourth-order valence-corrected chi connectivity index (χ4v) is 5.45. The normalized spacial score (nSPS) is 14.4. The number of benzene rings is 2. The van der Waals surface area contributed by atoms with Crippen LogP contribution in [0.2, 0.25) is 0 Å². The van der Waals surface area contributed by atoms with Gasteiger partial charge in [-0.05, 0) is 69.0 Å². The lowest BCUT2D eigenvalue weighted by Crippen LogP contribution is -2.26. The number of carbonyl (C=O) groups is 2. The number of amides is 2. The van der Waals surface area contributed by atoms with E-state index in [9.17, 15) is 18.0 Å². The molecule has 7 heteroatoms. The van der Waals surface area contributed by atoms with Crippen LogP contribution in [0.4, 0.5) is 11.4 Å². The molecule has 0 spiro atoms. The first-order chi connectivity index (χ1) is 14.0. The molecule has 2 aromatic rings. The Hall–Kier alpha value is -2.67. The van der Waals surface area contributed by atoms with Crippen LogP contribution in [0.15, 0.2) is 35.2 Å². The van der Waals surface area contributed by atoms with Gasteiger partial charge in [-0.1, -0.05) is 17.7 Å². The van der Waals surface area contributed by atoms with Crippen molar-refractivity contribution in [3.63, 3.8) is 0 Å². The van der Waals surface area contributed by atoms with E-state index in [1.165, 1.54) is 13.0 Å². The lowest BCUT2D eigenvalue weighted by molar-refractivity contribution is -0.117. The molecule has 1 N–H and O–H groups in total. The molecule has 2 aromatic carbocycles. The summed E-state index contributed by atoms with van der Waals surface area (Å²) in [5.41, 5.74) is 5.34. The van der Waals surface area contributed by atoms with Gasteiger partial charge in [0.2, 0.25) is 11.8 Å². The molecule has 0 fully saturated rings. The third-order valence-corrected chi connectivity index (χ3v) is 7.74. The summed E-state index contributed by atoms with van der Waals surface area (Å²) in [6.07, 6.45) is 0.491. The summed E-state index contributed by atoms with van der Waals surface area (Å²) in [6, 6.07) is 8.81. The molecule has 0 saturated carbocycles. The average molecular weight is 429 g/mol. The smallest absolute Gasteiger partial charge is 0.225 e. The molecule has 1 aliphatic heterocycles. The summed E-state index contributed by atoms with van der Waals surface area (Å²) in [6.45, 7) is 9.44. The van der Waals surface area contributed by atoms with E-state index < -0.39 is 15.1 Å². The van der Waals surface area contributed by atoms with Gasteiger partial charge in [-0.25, -0.2) is 8.42 Å². The topological polar surface area (TPSA) is 83.6 Å². The first kappa shape index (κ1) is 22.0. The number of fused-ring (bicyclic) bond motifs is 1. The van der Waals surface area contributed by atoms with E-state index in [-0.39, 0.29) is 23.1 Å². The van der Waals surface area contributed by atoms with Crippen molar-refractivity contribution in [1.29, 1.82) is 0 Å². The summed E-state index contributed by atoms with van der Waals surface area (Å²) >= 11 is 0. The van der Waals surface area contributed by atoms with Crippen LogP contribution < -0.4 is 10.2 Å². The zero-order valence-corrected chi connectivity index (χ0v) is 18.9. The maximum atomic E-state index is 13.1. The van der Waals surface area contributed by atoms with Gasteiger partial charge in [-0.15, -0.1) is 0 Å². The summed E-state index contributed by atoms with van der Waals surface area (Å²) in [7, 11) is -3.68. The van der Waals surface area contributed by atoms with Crippen LogP contribution in [0.25, 0.3) is 0 Å². The van der Waals surface area contributed by atoms with Crippen LogP contribution in [0.3, 0.4) is 0 Å². The second kappa shape index (κ2) is 8.22. The summed E-state index contributed by atoms with van der Waals surface area (Å²) < 4.78 is 26.1. The van der Waals surface area contributed by atoms with Crippen molar-refractivity contribution >= 4 is 33.0 Å². The van der Waals surface area contributed by atoms with E-state index in [2.05, 4.69) is 5.32 Å². The highest BCUT2D eigenvalue weighted by atomic mass is 32.2. The third kappa shape index (κ3) is 4.26. The number of rotatable bonds is 5. The highest BCUT2D eigenvalue weighted by Gasteiger charge is 2.29. The Labute approximate surface area is 178 Å². The number of nitrogens with one attached hydrogen (secondary N) is 1. The number of aryl methyl sites for hydroxylation is 3. The second-order valence-electron chi connectivity index (χ2n) is 8.09. The lowest BCUT2D eigenvalue weighted by Gasteiger charge is -2.17. The van der Waals surface area contributed by atoms with Gasteiger partial charge in [0.05, 0.1) is 10.1 Å². The maximum Gasteiger partial charge on any atom is 0.225 e. The Balaban J connectivity index is 1.76. The summed E-state index contributed by atoms with van der Waals surface area (Å²) in [5, 5.41) is 2.00. The van der Waals surface area contributed by atoms with E-state index >= 15 is 0 Å². The molecule has 2 amide bonds. The van der Waals surface area contributed by atoms with Gasteiger partial charge in [-0.2, -0.15) is 0 Å². The SMILES string of the molecule is CC(=O)N1CCc2cc(S(=O)(=O)[C@@H](C)CC(=O)Nc3c(C)cc(C)cc3C)ccc21. The standard InChI is InChI=1S/C23H28N2O4S/c1-14-10-15(2)23(16(3)11-14)24-22(27)12-17(4)30(28,29)20-6-7-21-19(13-20)8-9-25(21)18(5)26/h6-7,10-11,13,17H,8-9,12H2,1-5H3,(H,24,27)/t17-/m0/s1. The van der Waals surface area contributed by atoms with E-state index in [4.69, 9.17) is 0 Å². The molecule has 0 aliphatic carbocycles. The number of carbonyl (C=O) groups excluding carboxylic acids is 2. The number of anilines is 2. The number of nitrogens with zero attached hydrogens (tertiary/aromatic N) is 1. The van der Waals surface area contributed by atoms with Crippen LogP contribution in [-0.4, -0.2) is 32.0 Å². The van der Waals surface area contributed by atoms with Crippen molar-refractivity contribution in [3.05, 3.63) is 52.6 Å². The van der Waals surface area contributed by atoms with Gasteiger partial charge < -0.3 is 10.2 Å². The van der Waals surface area contributed by atoms with Crippen LogP contribution in [0.5, 0.6) is 0 Å². The summed E-state index contributed by atoms with van der Waals surface area (Å²) in [5.74, 6) is -0.388. The first-order valence-corrected chi connectivity index (χ1v) is 11.6. The number of sulfone groups is 1. The largest absolute Gasteiger partial charge is 0.326 e. The van der Waals surface area contributed by atoms with Crippen molar-refractivity contribution in [2.24, 2.45) is 0 Å². The Morgan fingerprint density at radius 2 is 1.73 bits per heavy atom. The predicted molar refractivity (Wildman–Crippen MR) is 119 cm³/mol. The minimum atomic E-state index is -3.68. The molecule has 1 heterocycles. The van der Waals surface area contributed by atoms with Gasteiger partial charge >= 0.3 is 0 Å². The third-order valence-electron chi connectivity index (χ3n) is 5.60. The van der Waals surface area contributed by atoms with E-state index in [0.29, 0.717) is 13.0 Å². The molecule has 160 valence electrons. The highest BCUT2D eigenvalue weighted by Crippen LogP contribution is 2.32. The van der Waals surface area contributed by atoms with Gasteiger partial charge in [-0.3, -0.25) is 9.59 Å². The molecule has 0 unspecified atom stereocenters. The van der Waals surface area contributed by atoms with E-state index in [1.807, 2.05) is 32.9 Å². The van der Waals surface area contributed by atoms with Gasteiger partial charge in [0, 0.05) is 31.3 Å². The molecular weight excluding hydrogens is 400 g/mol. The van der Waals surface area contributed by atoms with E-state index in [0.717, 1.165) is 33.6 Å². The van der Waals surface area contributed by atoms with Crippen molar-refractivity contribution in [1.82, 2.24) is 0 Å². The molecular formula is C23H28N2O4S. The first-order valence-electron chi connectivity index (χ1n) is 10.0. The van der Waals surface area contributed by atoms with Gasteiger partial charge in [0.25, 0.3) is 0 Å². The zero-order valence-electron chi connectivity index (χ0n) is 18.1. The Kier molecular flexibility index (Phi) is 6.04. The Morgan fingerprint density at radius 3 is 2.33 bits per heavy atom. The van der Waals surface area contributed by atoms with Crippen molar-refractivity contribution < 1.29 is 18.0 Å². The number of hydrogen-bond acceptors (Lipinski definition) is 4. The molecule has 1 atom stereocenters. The van der Waals surface area contributed by atoms with Crippen LogP contribution >= 0.6 is 0 Å². The fraction of sp³-hybridized carbons (Fsp3) is 0.391. The van der Waals surface area contributed by atoms with Gasteiger partial charge in [0.15, 0.2) is 9.84 Å². The van der Waals surface area contributed by atoms with Crippen LogP contribution in [0.1, 0.15) is 42.5 Å². The molecule has 0 aromatic heterocycles. The van der Waals surface area contributed by atoms with Crippen LogP contribution in [0, 0.1) is 20.8 Å². The molecule has 30 heavy (non-hydrogen) atoms. The second-order valence-corrected chi connectivity index (χ2v) is 10.5.